The van der Waals surface area contributed by atoms with Crippen LogP contribution in [0.25, 0.3) is 0 Å². The molecule has 134 valence electrons. The Labute approximate surface area is 160 Å². The minimum absolute atomic E-state index is 0.448. The normalized spacial score (nSPS) is 20.7. The molecule has 0 aliphatic heterocycles. The van der Waals surface area contributed by atoms with Gasteiger partial charge in [0.05, 0.1) is 12.7 Å². The largest absolute Gasteiger partial charge is 0.377 e. The first-order valence-corrected chi connectivity index (χ1v) is 10.5. The first kappa shape index (κ1) is 18.6. The molecule has 1 aliphatic carbocycles. The third-order valence-electron chi connectivity index (χ3n) is 5.05. The van der Waals surface area contributed by atoms with E-state index in [1.54, 1.807) is 0 Å². The van der Waals surface area contributed by atoms with E-state index in [1.807, 2.05) is 0 Å². The van der Waals surface area contributed by atoms with Crippen LogP contribution in [0.1, 0.15) is 36.8 Å². The van der Waals surface area contributed by atoms with E-state index in [1.165, 1.54) is 36.8 Å². The standard InChI is InChI=1S/C22H28BrNO/c23-15-16-25-22-13-11-21(12-14-22)24(17-19-7-3-1-4-8-19)18-20-9-5-2-6-10-20/h1-10,21-22H,11-18H2/t21-,22-. The third-order valence-corrected chi connectivity index (χ3v) is 5.37. The summed E-state index contributed by atoms with van der Waals surface area (Å²) >= 11 is 3.45. The van der Waals surface area contributed by atoms with Crippen molar-refractivity contribution in [2.24, 2.45) is 0 Å². The molecule has 25 heavy (non-hydrogen) atoms. The Balaban J connectivity index is 1.64. The molecular formula is C22H28BrNO. The van der Waals surface area contributed by atoms with Gasteiger partial charge in [0.15, 0.2) is 0 Å². The highest BCUT2D eigenvalue weighted by Gasteiger charge is 2.26. The smallest absolute Gasteiger partial charge is 0.0576 e. The lowest BCUT2D eigenvalue weighted by atomic mass is 9.91. The topological polar surface area (TPSA) is 12.5 Å². The van der Waals surface area contributed by atoms with Gasteiger partial charge in [0.1, 0.15) is 0 Å². The molecule has 2 nitrogen and oxygen atoms in total. The number of rotatable bonds is 8. The SMILES string of the molecule is BrCCO[C@H]1CC[C@H](N(Cc2ccccc2)Cc2ccccc2)CC1. The molecule has 1 fully saturated rings. The number of alkyl halides is 1. The fraction of sp³-hybridized carbons (Fsp3) is 0.455. The molecule has 3 heteroatoms. The first-order chi connectivity index (χ1) is 12.3. The van der Waals surface area contributed by atoms with Gasteiger partial charge in [-0.2, -0.15) is 0 Å². The average molecular weight is 402 g/mol. The Morgan fingerprint density at radius 1 is 0.800 bits per heavy atom. The number of hydrogen-bond donors (Lipinski definition) is 0. The van der Waals surface area contributed by atoms with Gasteiger partial charge in [0, 0.05) is 24.5 Å². The van der Waals surface area contributed by atoms with E-state index in [-0.39, 0.29) is 0 Å². The maximum Gasteiger partial charge on any atom is 0.0576 e. The van der Waals surface area contributed by atoms with E-state index in [0.717, 1.165) is 25.0 Å². The lowest BCUT2D eigenvalue weighted by Crippen LogP contribution is -2.38. The summed E-state index contributed by atoms with van der Waals surface area (Å²) in [4.78, 5) is 2.66. The van der Waals surface area contributed by atoms with Gasteiger partial charge in [0.25, 0.3) is 0 Å². The zero-order valence-electron chi connectivity index (χ0n) is 14.8. The van der Waals surface area contributed by atoms with Gasteiger partial charge in [-0.15, -0.1) is 0 Å². The van der Waals surface area contributed by atoms with Crippen LogP contribution in [-0.2, 0) is 17.8 Å². The molecular weight excluding hydrogens is 374 g/mol. The number of halogens is 1. The molecule has 0 atom stereocenters. The molecule has 1 aliphatic rings. The predicted molar refractivity (Wildman–Crippen MR) is 108 cm³/mol. The van der Waals surface area contributed by atoms with Crippen molar-refractivity contribution in [2.75, 3.05) is 11.9 Å². The van der Waals surface area contributed by atoms with E-state index < -0.39 is 0 Å². The summed E-state index contributed by atoms with van der Waals surface area (Å²) in [7, 11) is 0. The molecule has 0 spiro atoms. The quantitative estimate of drug-likeness (QED) is 0.548. The first-order valence-electron chi connectivity index (χ1n) is 9.34. The van der Waals surface area contributed by atoms with Crippen LogP contribution in [0.15, 0.2) is 60.7 Å². The molecule has 0 bridgehead atoms. The second kappa shape index (κ2) is 10.1. The highest BCUT2D eigenvalue weighted by Crippen LogP contribution is 2.27. The molecule has 0 saturated heterocycles. The van der Waals surface area contributed by atoms with Crippen LogP contribution < -0.4 is 0 Å². The maximum absolute atomic E-state index is 5.93. The molecule has 2 aromatic carbocycles. The van der Waals surface area contributed by atoms with Crippen LogP contribution in [0.4, 0.5) is 0 Å². The van der Waals surface area contributed by atoms with Crippen molar-refractivity contribution in [3.05, 3.63) is 71.8 Å². The average Bonchev–Trinajstić information content (AvgIpc) is 2.68. The summed E-state index contributed by atoms with van der Waals surface area (Å²) in [5.41, 5.74) is 2.80. The Morgan fingerprint density at radius 2 is 1.32 bits per heavy atom. The van der Waals surface area contributed by atoms with Crippen molar-refractivity contribution in [3.63, 3.8) is 0 Å². The van der Waals surface area contributed by atoms with Gasteiger partial charge in [-0.25, -0.2) is 0 Å². The second-order valence-corrected chi connectivity index (χ2v) is 7.66. The van der Waals surface area contributed by atoms with Crippen LogP contribution in [0.2, 0.25) is 0 Å². The summed E-state index contributed by atoms with van der Waals surface area (Å²) in [5, 5.41) is 0.932. The molecule has 0 heterocycles. The Morgan fingerprint density at radius 3 is 1.80 bits per heavy atom. The molecule has 0 unspecified atom stereocenters. The van der Waals surface area contributed by atoms with Gasteiger partial charge >= 0.3 is 0 Å². The van der Waals surface area contributed by atoms with E-state index in [4.69, 9.17) is 4.74 Å². The van der Waals surface area contributed by atoms with Crippen molar-refractivity contribution >= 4 is 15.9 Å². The summed E-state index contributed by atoms with van der Waals surface area (Å²) in [6.07, 6.45) is 5.26. The monoisotopic (exact) mass is 401 g/mol. The van der Waals surface area contributed by atoms with Crippen LogP contribution in [0.5, 0.6) is 0 Å². The number of ether oxygens (including phenoxy) is 1. The number of hydrogen-bond acceptors (Lipinski definition) is 2. The zero-order chi connectivity index (χ0) is 17.3. The molecule has 0 radical (unpaired) electrons. The highest BCUT2D eigenvalue weighted by atomic mass is 79.9. The van der Waals surface area contributed by atoms with Crippen LogP contribution in [0, 0.1) is 0 Å². The van der Waals surface area contributed by atoms with Crippen molar-refractivity contribution in [2.45, 2.75) is 50.9 Å². The summed E-state index contributed by atoms with van der Waals surface area (Å²) in [6, 6.07) is 22.3. The molecule has 0 amide bonds. The lowest BCUT2D eigenvalue weighted by Gasteiger charge is -2.37. The van der Waals surface area contributed by atoms with Crippen molar-refractivity contribution < 1.29 is 4.74 Å². The van der Waals surface area contributed by atoms with Gasteiger partial charge in [0.2, 0.25) is 0 Å². The molecule has 1 saturated carbocycles. The van der Waals surface area contributed by atoms with E-state index in [2.05, 4.69) is 81.5 Å². The van der Waals surface area contributed by atoms with Crippen LogP contribution >= 0.6 is 15.9 Å². The van der Waals surface area contributed by atoms with Crippen LogP contribution in [0.3, 0.4) is 0 Å². The Hall–Kier alpha value is -1.16. The second-order valence-electron chi connectivity index (χ2n) is 6.87. The minimum Gasteiger partial charge on any atom is -0.377 e. The summed E-state index contributed by atoms with van der Waals surface area (Å²) in [5.74, 6) is 0. The molecule has 2 aromatic rings. The van der Waals surface area contributed by atoms with Gasteiger partial charge < -0.3 is 4.74 Å². The van der Waals surface area contributed by atoms with Crippen molar-refractivity contribution in [1.82, 2.24) is 4.90 Å². The van der Waals surface area contributed by atoms with E-state index >= 15 is 0 Å². The Kier molecular flexibility index (Phi) is 7.53. The van der Waals surface area contributed by atoms with Gasteiger partial charge in [-0.05, 0) is 36.8 Å². The summed E-state index contributed by atoms with van der Waals surface area (Å²) < 4.78 is 5.93. The minimum atomic E-state index is 0.448. The molecule has 0 N–H and O–H groups in total. The fourth-order valence-electron chi connectivity index (χ4n) is 3.74. The zero-order valence-corrected chi connectivity index (χ0v) is 16.4. The Bertz CT molecular complexity index is 554. The summed E-state index contributed by atoms with van der Waals surface area (Å²) in [6.45, 7) is 2.87. The van der Waals surface area contributed by atoms with E-state index in [0.29, 0.717) is 12.1 Å². The molecule has 0 aromatic heterocycles. The fourth-order valence-corrected chi connectivity index (χ4v) is 3.93. The maximum atomic E-state index is 5.93. The van der Waals surface area contributed by atoms with Gasteiger partial charge in [-0.3, -0.25) is 4.90 Å². The number of nitrogens with zero attached hydrogens (tertiary/aromatic N) is 1. The van der Waals surface area contributed by atoms with E-state index in [9.17, 15) is 0 Å². The predicted octanol–water partition coefficient (Wildman–Crippen LogP) is 5.41. The van der Waals surface area contributed by atoms with Crippen LogP contribution in [-0.4, -0.2) is 29.0 Å². The van der Waals surface area contributed by atoms with Crippen molar-refractivity contribution in [3.8, 4) is 0 Å². The highest BCUT2D eigenvalue weighted by molar-refractivity contribution is 9.09. The van der Waals surface area contributed by atoms with Crippen molar-refractivity contribution in [1.29, 1.82) is 0 Å². The number of benzene rings is 2. The lowest BCUT2D eigenvalue weighted by molar-refractivity contribution is 0.0120. The third kappa shape index (κ3) is 5.95. The molecule has 3 rings (SSSR count). The van der Waals surface area contributed by atoms with Gasteiger partial charge in [-0.1, -0.05) is 76.6 Å².